The number of amides is 1. The van der Waals surface area contributed by atoms with E-state index in [2.05, 4.69) is 44.3 Å². The van der Waals surface area contributed by atoms with Crippen molar-refractivity contribution in [2.45, 2.75) is 52.7 Å². The van der Waals surface area contributed by atoms with Gasteiger partial charge in [0.05, 0.1) is 6.04 Å². The smallest absolute Gasteiger partial charge is 0.241 e. The lowest BCUT2D eigenvalue weighted by Crippen LogP contribution is -2.31. The largest absolute Gasteiger partial charge is 0.322 e. The molecule has 1 aromatic carbocycles. The molecule has 1 aliphatic rings. The highest BCUT2D eigenvalue weighted by Crippen LogP contribution is 2.29. The fourth-order valence-corrected chi connectivity index (χ4v) is 2.90. The van der Waals surface area contributed by atoms with Gasteiger partial charge in [-0.3, -0.25) is 10.1 Å². The molecule has 2 unspecified atom stereocenters. The summed E-state index contributed by atoms with van der Waals surface area (Å²) in [5.41, 5.74) is 3.74. The van der Waals surface area contributed by atoms with Crippen LogP contribution < -0.4 is 5.32 Å². The Hall–Kier alpha value is -1.35. The van der Waals surface area contributed by atoms with Gasteiger partial charge >= 0.3 is 0 Å². The summed E-state index contributed by atoms with van der Waals surface area (Å²) in [4.78, 5) is 14.3. The van der Waals surface area contributed by atoms with Crippen molar-refractivity contribution < 1.29 is 4.79 Å². The van der Waals surface area contributed by atoms with Crippen molar-refractivity contribution in [2.75, 3.05) is 6.54 Å². The van der Waals surface area contributed by atoms with Gasteiger partial charge in [-0.1, -0.05) is 37.1 Å². The predicted molar refractivity (Wildman–Crippen MR) is 77.9 cm³/mol. The summed E-state index contributed by atoms with van der Waals surface area (Å²) in [6.07, 6.45) is 1.98. The Kier molecular flexibility index (Phi) is 4.25. The second-order valence-corrected chi connectivity index (χ2v) is 5.39. The Morgan fingerprint density at radius 3 is 2.58 bits per heavy atom. The van der Waals surface area contributed by atoms with Crippen LogP contribution in [-0.2, 0) is 4.79 Å². The number of hydrogen-bond acceptors (Lipinski definition) is 2. The third-order valence-corrected chi connectivity index (χ3v) is 3.89. The van der Waals surface area contributed by atoms with Crippen molar-refractivity contribution in [1.29, 1.82) is 0 Å². The van der Waals surface area contributed by atoms with Gasteiger partial charge in [-0.25, -0.2) is 0 Å². The molecule has 0 aliphatic carbocycles. The Morgan fingerprint density at radius 2 is 2.00 bits per heavy atom. The first-order valence-corrected chi connectivity index (χ1v) is 7.22. The molecule has 3 nitrogen and oxygen atoms in total. The highest BCUT2D eigenvalue weighted by molar-refractivity contribution is 5.84. The van der Waals surface area contributed by atoms with Crippen molar-refractivity contribution in [2.24, 2.45) is 0 Å². The average molecular weight is 260 g/mol. The van der Waals surface area contributed by atoms with E-state index in [9.17, 15) is 4.79 Å². The normalized spacial score (nSPS) is 23.2. The Bertz CT molecular complexity index is 470. The average Bonchev–Trinajstić information content (AvgIpc) is 2.67. The minimum absolute atomic E-state index is 0.0179. The molecule has 0 aromatic heterocycles. The topological polar surface area (TPSA) is 32.3 Å². The maximum absolute atomic E-state index is 12.4. The van der Waals surface area contributed by atoms with Gasteiger partial charge in [-0.15, -0.1) is 0 Å². The lowest BCUT2D eigenvalue weighted by Gasteiger charge is -2.24. The molecule has 1 aliphatic heterocycles. The van der Waals surface area contributed by atoms with E-state index in [1.54, 1.807) is 0 Å². The van der Waals surface area contributed by atoms with Gasteiger partial charge in [0.25, 0.3) is 0 Å². The van der Waals surface area contributed by atoms with E-state index in [-0.39, 0.29) is 18.1 Å². The highest BCUT2D eigenvalue weighted by atomic mass is 16.2. The molecular weight excluding hydrogens is 236 g/mol. The number of hydrogen-bond donors (Lipinski definition) is 1. The number of carbonyl (C=O) groups is 1. The summed E-state index contributed by atoms with van der Waals surface area (Å²) in [5.74, 6) is 0.245. The van der Waals surface area contributed by atoms with Crippen LogP contribution in [0.4, 0.5) is 0 Å². The molecule has 2 rings (SSSR count). The summed E-state index contributed by atoms with van der Waals surface area (Å²) < 4.78 is 0. The Labute approximate surface area is 116 Å². The van der Waals surface area contributed by atoms with E-state index in [0.717, 1.165) is 19.4 Å². The number of aryl methyl sites for hydroxylation is 2. The molecular formula is C16H24N2O. The minimum Gasteiger partial charge on any atom is -0.322 e. The number of likely N-dealkylation sites (N-methyl/N-ethyl adjacent to an activating group) is 1. The van der Waals surface area contributed by atoms with E-state index in [1.165, 1.54) is 16.7 Å². The molecule has 0 spiro atoms. The molecule has 1 amide bonds. The van der Waals surface area contributed by atoms with E-state index < -0.39 is 0 Å². The quantitative estimate of drug-likeness (QED) is 0.902. The number of nitrogens with one attached hydrogen (secondary N) is 1. The van der Waals surface area contributed by atoms with Gasteiger partial charge in [-0.05, 0) is 38.3 Å². The first-order valence-electron chi connectivity index (χ1n) is 7.22. The SMILES string of the molecule is CCCC1NC(c2ccc(C)cc2C)N(CC)C1=O. The molecule has 1 saturated heterocycles. The van der Waals surface area contributed by atoms with Gasteiger partial charge in [0.2, 0.25) is 5.91 Å². The summed E-state index contributed by atoms with van der Waals surface area (Å²) in [7, 11) is 0. The van der Waals surface area contributed by atoms with Crippen LogP contribution in [0.2, 0.25) is 0 Å². The summed E-state index contributed by atoms with van der Waals surface area (Å²) in [6, 6.07) is 6.43. The monoisotopic (exact) mass is 260 g/mol. The standard InChI is InChI=1S/C16H24N2O/c1-5-7-14-16(19)18(6-2)15(17-14)13-9-8-11(3)10-12(13)4/h8-10,14-15,17H,5-7H2,1-4H3. The first-order chi connectivity index (χ1) is 9.08. The number of nitrogens with zero attached hydrogens (tertiary/aromatic N) is 1. The van der Waals surface area contributed by atoms with Crippen LogP contribution in [-0.4, -0.2) is 23.4 Å². The van der Waals surface area contributed by atoms with E-state index in [1.807, 2.05) is 11.8 Å². The van der Waals surface area contributed by atoms with Crippen LogP contribution in [0.5, 0.6) is 0 Å². The summed E-state index contributed by atoms with van der Waals surface area (Å²) >= 11 is 0. The minimum atomic E-state index is -0.0179. The van der Waals surface area contributed by atoms with Gasteiger partial charge < -0.3 is 4.90 Å². The maximum atomic E-state index is 12.4. The Balaban J connectivity index is 2.30. The highest BCUT2D eigenvalue weighted by Gasteiger charge is 2.38. The second kappa shape index (κ2) is 5.74. The summed E-state index contributed by atoms with van der Waals surface area (Å²) in [6.45, 7) is 9.14. The van der Waals surface area contributed by atoms with E-state index >= 15 is 0 Å². The van der Waals surface area contributed by atoms with Gasteiger partial charge in [0, 0.05) is 6.54 Å². The van der Waals surface area contributed by atoms with Gasteiger partial charge in [0.1, 0.15) is 6.17 Å². The molecule has 0 radical (unpaired) electrons. The zero-order valence-electron chi connectivity index (χ0n) is 12.4. The van der Waals surface area contributed by atoms with Gasteiger partial charge in [-0.2, -0.15) is 0 Å². The molecule has 104 valence electrons. The lowest BCUT2D eigenvalue weighted by atomic mass is 10.0. The predicted octanol–water partition coefficient (Wildman–Crippen LogP) is 2.92. The lowest BCUT2D eigenvalue weighted by molar-refractivity contribution is -0.130. The molecule has 1 heterocycles. The molecule has 19 heavy (non-hydrogen) atoms. The van der Waals surface area contributed by atoms with Crippen molar-refractivity contribution in [3.63, 3.8) is 0 Å². The second-order valence-electron chi connectivity index (χ2n) is 5.39. The third kappa shape index (κ3) is 2.66. The van der Waals surface area contributed by atoms with E-state index in [0.29, 0.717) is 0 Å². The number of rotatable bonds is 4. The molecule has 1 N–H and O–H groups in total. The fourth-order valence-electron chi connectivity index (χ4n) is 2.90. The zero-order valence-corrected chi connectivity index (χ0v) is 12.4. The molecule has 1 fully saturated rings. The van der Waals surface area contributed by atoms with Crippen LogP contribution in [0.3, 0.4) is 0 Å². The van der Waals surface area contributed by atoms with Gasteiger partial charge in [0.15, 0.2) is 0 Å². The zero-order chi connectivity index (χ0) is 14.0. The molecule has 3 heteroatoms. The first kappa shape index (κ1) is 14.1. The van der Waals surface area contributed by atoms with Crippen LogP contribution in [0.1, 0.15) is 49.5 Å². The van der Waals surface area contributed by atoms with Crippen LogP contribution in [0, 0.1) is 13.8 Å². The number of benzene rings is 1. The summed E-state index contributed by atoms with van der Waals surface area (Å²) in [5, 5.41) is 3.50. The Morgan fingerprint density at radius 1 is 1.26 bits per heavy atom. The van der Waals surface area contributed by atoms with Crippen molar-refractivity contribution in [3.8, 4) is 0 Å². The van der Waals surface area contributed by atoms with Crippen molar-refractivity contribution >= 4 is 5.91 Å². The van der Waals surface area contributed by atoms with Crippen LogP contribution >= 0.6 is 0 Å². The fraction of sp³-hybridized carbons (Fsp3) is 0.562. The van der Waals surface area contributed by atoms with Crippen molar-refractivity contribution in [1.82, 2.24) is 10.2 Å². The maximum Gasteiger partial charge on any atom is 0.241 e. The molecule has 0 bridgehead atoms. The van der Waals surface area contributed by atoms with Crippen molar-refractivity contribution in [3.05, 3.63) is 34.9 Å². The van der Waals surface area contributed by atoms with Crippen LogP contribution in [0.15, 0.2) is 18.2 Å². The molecule has 0 saturated carbocycles. The van der Waals surface area contributed by atoms with E-state index in [4.69, 9.17) is 0 Å². The van der Waals surface area contributed by atoms with Crippen LogP contribution in [0.25, 0.3) is 0 Å². The third-order valence-electron chi connectivity index (χ3n) is 3.89. The molecule has 2 atom stereocenters. The molecule has 1 aromatic rings. The number of carbonyl (C=O) groups excluding carboxylic acids is 1.